The van der Waals surface area contributed by atoms with Gasteiger partial charge in [-0.05, 0) is 24.6 Å². The third-order valence-corrected chi connectivity index (χ3v) is 3.27. The first-order valence-corrected chi connectivity index (χ1v) is 6.12. The van der Waals surface area contributed by atoms with Crippen LogP contribution in [0.25, 0.3) is 0 Å². The number of aliphatic carboxylic acids is 2. The Morgan fingerprint density at radius 3 is 2.42 bits per heavy atom. The lowest BCUT2D eigenvalue weighted by molar-refractivity contribution is -0.145. The molecule has 0 aliphatic rings. The van der Waals surface area contributed by atoms with Gasteiger partial charge in [-0.1, -0.05) is 22.0 Å². The minimum Gasteiger partial charge on any atom is -0.481 e. The van der Waals surface area contributed by atoms with Crippen molar-refractivity contribution >= 4 is 33.8 Å². The first-order valence-electron chi connectivity index (χ1n) is 5.33. The zero-order chi connectivity index (χ0) is 14.6. The van der Waals surface area contributed by atoms with E-state index in [1.54, 1.807) is 12.1 Å². The number of carboxylic acids is 2. The molecule has 0 radical (unpaired) electrons. The number of benzene rings is 1. The summed E-state index contributed by atoms with van der Waals surface area (Å²) in [6.45, 7) is 1.84. The van der Waals surface area contributed by atoms with Crippen molar-refractivity contribution in [2.45, 2.75) is 19.4 Å². The van der Waals surface area contributed by atoms with Crippen molar-refractivity contribution in [1.29, 1.82) is 0 Å². The quantitative estimate of drug-likeness (QED) is 0.757. The van der Waals surface area contributed by atoms with E-state index in [1.807, 2.05) is 6.92 Å². The first-order chi connectivity index (χ1) is 8.81. The molecule has 1 amide bonds. The van der Waals surface area contributed by atoms with E-state index >= 15 is 0 Å². The number of amides is 1. The Hall–Kier alpha value is -1.89. The lowest BCUT2D eigenvalue weighted by Crippen LogP contribution is -2.42. The van der Waals surface area contributed by atoms with Gasteiger partial charge in [0.2, 0.25) is 0 Å². The van der Waals surface area contributed by atoms with E-state index in [-0.39, 0.29) is 5.56 Å². The van der Waals surface area contributed by atoms with Crippen LogP contribution >= 0.6 is 15.9 Å². The molecular formula is C12H12BrNO5. The average Bonchev–Trinajstić information content (AvgIpc) is 2.31. The summed E-state index contributed by atoms with van der Waals surface area (Å²) in [4.78, 5) is 33.2. The van der Waals surface area contributed by atoms with E-state index in [2.05, 4.69) is 21.2 Å². The van der Waals surface area contributed by atoms with E-state index in [0.717, 1.165) is 5.56 Å². The normalized spacial score (nSPS) is 11.7. The Morgan fingerprint density at radius 2 is 1.95 bits per heavy atom. The SMILES string of the molecule is Cc1ccc(C(=O)NC(CC(=O)O)C(=O)O)cc1Br. The van der Waals surface area contributed by atoms with Crippen molar-refractivity contribution < 1.29 is 24.6 Å². The summed E-state index contributed by atoms with van der Waals surface area (Å²) in [5.74, 6) is -3.31. The van der Waals surface area contributed by atoms with Gasteiger partial charge < -0.3 is 15.5 Å². The van der Waals surface area contributed by atoms with Crippen LogP contribution in [0.3, 0.4) is 0 Å². The fourth-order valence-corrected chi connectivity index (χ4v) is 1.73. The zero-order valence-corrected chi connectivity index (χ0v) is 11.6. The minimum absolute atomic E-state index is 0.258. The summed E-state index contributed by atoms with van der Waals surface area (Å²) in [7, 11) is 0. The Bertz CT molecular complexity index is 529. The van der Waals surface area contributed by atoms with Gasteiger partial charge >= 0.3 is 11.9 Å². The van der Waals surface area contributed by atoms with Crippen molar-refractivity contribution in [2.75, 3.05) is 0 Å². The lowest BCUT2D eigenvalue weighted by atomic mass is 10.1. The maximum atomic E-state index is 11.8. The van der Waals surface area contributed by atoms with Crippen LogP contribution in [0.15, 0.2) is 22.7 Å². The molecule has 0 aliphatic heterocycles. The Labute approximate surface area is 117 Å². The summed E-state index contributed by atoms with van der Waals surface area (Å²) in [5, 5.41) is 19.6. The molecule has 1 aromatic carbocycles. The van der Waals surface area contributed by atoms with Gasteiger partial charge in [0.15, 0.2) is 0 Å². The second-order valence-corrected chi connectivity index (χ2v) is 4.78. The van der Waals surface area contributed by atoms with Gasteiger partial charge in [0, 0.05) is 10.0 Å². The number of nitrogens with one attached hydrogen (secondary N) is 1. The summed E-state index contributed by atoms with van der Waals surface area (Å²) in [6.07, 6.45) is -0.673. The van der Waals surface area contributed by atoms with E-state index in [4.69, 9.17) is 10.2 Å². The topological polar surface area (TPSA) is 104 Å². The van der Waals surface area contributed by atoms with Gasteiger partial charge in [0.05, 0.1) is 6.42 Å². The molecule has 7 heteroatoms. The third-order valence-electron chi connectivity index (χ3n) is 2.42. The molecule has 3 N–H and O–H groups in total. The number of aryl methyl sites for hydroxylation is 1. The third kappa shape index (κ3) is 4.36. The number of hydrogen-bond donors (Lipinski definition) is 3. The summed E-state index contributed by atoms with van der Waals surface area (Å²) < 4.78 is 0.713. The molecule has 0 saturated heterocycles. The molecule has 0 fully saturated rings. The molecule has 6 nitrogen and oxygen atoms in total. The molecule has 102 valence electrons. The van der Waals surface area contributed by atoms with Gasteiger partial charge in [-0.2, -0.15) is 0 Å². The van der Waals surface area contributed by atoms with E-state index in [0.29, 0.717) is 4.47 Å². The van der Waals surface area contributed by atoms with Crippen molar-refractivity contribution in [1.82, 2.24) is 5.32 Å². The molecule has 1 rings (SSSR count). The minimum atomic E-state index is -1.45. The van der Waals surface area contributed by atoms with Crippen LogP contribution in [0.2, 0.25) is 0 Å². The highest BCUT2D eigenvalue weighted by molar-refractivity contribution is 9.10. The second-order valence-electron chi connectivity index (χ2n) is 3.93. The molecular weight excluding hydrogens is 318 g/mol. The smallest absolute Gasteiger partial charge is 0.326 e. The monoisotopic (exact) mass is 329 g/mol. The predicted molar refractivity (Wildman–Crippen MR) is 70.0 cm³/mol. The number of hydrogen-bond acceptors (Lipinski definition) is 3. The van der Waals surface area contributed by atoms with Gasteiger partial charge in [-0.25, -0.2) is 4.79 Å². The lowest BCUT2D eigenvalue weighted by Gasteiger charge is -2.12. The van der Waals surface area contributed by atoms with Crippen molar-refractivity contribution in [2.24, 2.45) is 0 Å². The van der Waals surface area contributed by atoms with Crippen LogP contribution in [0.5, 0.6) is 0 Å². The number of rotatable bonds is 5. The molecule has 0 saturated carbocycles. The van der Waals surface area contributed by atoms with Gasteiger partial charge in [0.25, 0.3) is 5.91 Å². The van der Waals surface area contributed by atoms with Crippen LogP contribution in [0, 0.1) is 6.92 Å². The van der Waals surface area contributed by atoms with E-state index < -0.39 is 30.3 Å². The second kappa shape index (κ2) is 6.33. The van der Waals surface area contributed by atoms with Crippen LogP contribution in [-0.4, -0.2) is 34.1 Å². The molecule has 0 aromatic heterocycles. The molecule has 1 aromatic rings. The zero-order valence-electron chi connectivity index (χ0n) is 10.0. The molecule has 0 heterocycles. The van der Waals surface area contributed by atoms with Gasteiger partial charge in [-0.3, -0.25) is 9.59 Å². The largest absolute Gasteiger partial charge is 0.481 e. The van der Waals surface area contributed by atoms with Gasteiger partial charge in [0.1, 0.15) is 6.04 Å². The number of halogens is 1. The highest BCUT2D eigenvalue weighted by Crippen LogP contribution is 2.17. The standard InChI is InChI=1S/C12H12BrNO5/c1-6-2-3-7(4-8(6)13)11(17)14-9(12(18)19)5-10(15)16/h2-4,9H,5H2,1H3,(H,14,17)(H,15,16)(H,18,19). The molecule has 1 atom stereocenters. The van der Waals surface area contributed by atoms with Gasteiger partial charge in [-0.15, -0.1) is 0 Å². The number of carboxylic acid groups (broad SMARTS) is 2. The van der Waals surface area contributed by atoms with Crippen molar-refractivity contribution in [3.63, 3.8) is 0 Å². The summed E-state index contributed by atoms with van der Waals surface area (Å²) in [6, 6.07) is 3.33. The molecule has 0 bridgehead atoms. The van der Waals surface area contributed by atoms with Crippen LogP contribution in [0.4, 0.5) is 0 Å². The number of carbonyl (C=O) groups is 3. The highest BCUT2D eigenvalue weighted by Gasteiger charge is 2.23. The summed E-state index contributed by atoms with van der Waals surface area (Å²) in [5.41, 5.74) is 1.19. The maximum Gasteiger partial charge on any atom is 0.326 e. The molecule has 1 unspecified atom stereocenters. The number of carbonyl (C=O) groups excluding carboxylic acids is 1. The predicted octanol–water partition coefficient (Wildman–Crippen LogP) is 1.42. The van der Waals surface area contributed by atoms with Crippen LogP contribution < -0.4 is 5.32 Å². The molecule has 0 aliphatic carbocycles. The molecule has 19 heavy (non-hydrogen) atoms. The molecule has 0 spiro atoms. The van der Waals surface area contributed by atoms with Crippen molar-refractivity contribution in [3.05, 3.63) is 33.8 Å². The Kier molecular flexibility index (Phi) is 5.05. The van der Waals surface area contributed by atoms with E-state index in [1.165, 1.54) is 6.07 Å². The maximum absolute atomic E-state index is 11.8. The van der Waals surface area contributed by atoms with Crippen molar-refractivity contribution in [3.8, 4) is 0 Å². The van der Waals surface area contributed by atoms with E-state index in [9.17, 15) is 14.4 Å². The Morgan fingerprint density at radius 1 is 1.32 bits per heavy atom. The van der Waals surface area contributed by atoms with Crippen LogP contribution in [-0.2, 0) is 9.59 Å². The van der Waals surface area contributed by atoms with Crippen LogP contribution in [0.1, 0.15) is 22.3 Å². The summed E-state index contributed by atoms with van der Waals surface area (Å²) >= 11 is 3.26. The fourth-order valence-electron chi connectivity index (χ4n) is 1.35. The fraction of sp³-hybridized carbons (Fsp3) is 0.250. The first kappa shape index (κ1) is 15.2. The average molecular weight is 330 g/mol. The Balaban J connectivity index is 2.84. The highest BCUT2D eigenvalue weighted by atomic mass is 79.9.